The third kappa shape index (κ3) is 2.58. The fraction of sp³-hybridized carbons (Fsp3) is 0.500. The molecule has 1 unspecified atom stereocenters. The highest BCUT2D eigenvalue weighted by atomic mass is 16.1. The van der Waals surface area contributed by atoms with Crippen LogP contribution in [0.3, 0.4) is 0 Å². The van der Waals surface area contributed by atoms with Crippen molar-refractivity contribution in [1.29, 1.82) is 0 Å². The Balaban J connectivity index is 1.96. The third-order valence-electron chi connectivity index (χ3n) is 2.98. The lowest BCUT2D eigenvalue weighted by Gasteiger charge is -2.12. The van der Waals surface area contributed by atoms with Crippen molar-refractivity contribution in [2.75, 3.05) is 0 Å². The average molecular weight is 219 g/mol. The SMILES string of the molecule is CC(NC(=O)c1ccc(CN)cn1)C1CC1. The van der Waals surface area contributed by atoms with Crippen LogP contribution in [0.4, 0.5) is 0 Å². The number of nitrogens with one attached hydrogen (secondary N) is 1. The van der Waals surface area contributed by atoms with Crippen molar-refractivity contribution in [2.45, 2.75) is 32.4 Å². The highest BCUT2D eigenvalue weighted by Crippen LogP contribution is 2.32. The molecule has 3 N–H and O–H groups in total. The zero-order chi connectivity index (χ0) is 11.5. The second-order valence-corrected chi connectivity index (χ2v) is 4.36. The van der Waals surface area contributed by atoms with Crippen molar-refractivity contribution in [1.82, 2.24) is 10.3 Å². The smallest absolute Gasteiger partial charge is 0.270 e. The quantitative estimate of drug-likeness (QED) is 0.796. The summed E-state index contributed by atoms with van der Waals surface area (Å²) in [5.41, 5.74) is 6.86. The van der Waals surface area contributed by atoms with Crippen LogP contribution >= 0.6 is 0 Å². The molecule has 1 fully saturated rings. The number of hydrogen-bond acceptors (Lipinski definition) is 3. The van der Waals surface area contributed by atoms with Crippen LogP contribution in [0.1, 0.15) is 35.8 Å². The summed E-state index contributed by atoms with van der Waals surface area (Å²) >= 11 is 0. The monoisotopic (exact) mass is 219 g/mol. The van der Waals surface area contributed by atoms with Gasteiger partial charge in [-0.25, -0.2) is 0 Å². The topological polar surface area (TPSA) is 68.0 Å². The largest absolute Gasteiger partial charge is 0.348 e. The van der Waals surface area contributed by atoms with Crippen molar-refractivity contribution in [3.63, 3.8) is 0 Å². The van der Waals surface area contributed by atoms with E-state index in [2.05, 4.69) is 10.3 Å². The minimum absolute atomic E-state index is 0.0945. The Bertz CT molecular complexity index is 370. The summed E-state index contributed by atoms with van der Waals surface area (Å²) in [6.45, 7) is 2.50. The number of carbonyl (C=O) groups excluding carboxylic acids is 1. The zero-order valence-corrected chi connectivity index (χ0v) is 9.44. The van der Waals surface area contributed by atoms with Gasteiger partial charge in [0.15, 0.2) is 0 Å². The van der Waals surface area contributed by atoms with Crippen LogP contribution in [-0.2, 0) is 6.54 Å². The lowest BCUT2D eigenvalue weighted by molar-refractivity contribution is 0.0931. The highest BCUT2D eigenvalue weighted by Gasteiger charge is 2.29. The fourth-order valence-corrected chi connectivity index (χ4v) is 1.67. The molecule has 0 spiro atoms. The van der Waals surface area contributed by atoms with Crippen molar-refractivity contribution in [3.8, 4) is 0 Å². The van der Waals surface area contributed by atoms with Gasteiger partial charge >= 0.3 is 0 Å². The van der Waals surface area contributed by atoms with Crippen LogP contribution in [0.2, 0.25) is 0 Å². The maximum atomic E-state index is 11.8. The average Bonchev–Trinajstić information content (AvgIpc) is 3.13. The first kappa shape index (κ1) is 11.1. The molecule has 2 rings (SSSR count). The lowest BCUT2D eigenvalue weighted by Crippen LogP contribution is -2.34. The van der Waals surface area contributed by atoms with E-state index in [0.717, 1.165) is 5.56 Å². The van der Waals surface area contributed by atoms with Gasteiger partial charge in [0.2, 0.25) is 0 Å². The van der Waals surface area contributed by atoms with Gasteiger partial charge in [0.1, 0.15) is 5.69 Å². The Morgan fingerprint density at radius 1 is 1.62 bits per heavy atom. The van der Waals surface area contributed by atoms with Crippen LogP contribution in [0.5, 0.6) is 0 Å². The maximum absolute atomic E-state index is 11.8. The van der Waals surface area contributed by atoms with E-state index >= 15 is 0 Å². The van der Waals surface area contributed by atoms with E-state index in [1.54, 1.807) is 12.3 Å². The molecule has 1 heterocycles. The Hall–Kier alpha value is -1.42. The molecule has 1 aliphatic carbocycles. The summed E-state index contributed by atoms with van der Waals surface area (Å²) in [4.78, 5) is 15.9. The molecule has 16 heavy (non-hydrogen) atoms. The van der Waals surface area contributed by atoms with Crippen LogP contribution < -0.4 is 11.1 Å². The van der Waals surface area contributed by atoms with Crippen LogP contribution in [0, 0.1) is 5.92 Å². The molecule has 86 valence electrons. The van der Waals surface area contributed by atoms with Gasteiger partial charge in [-0.2, -0.15) is 0 Å². The molecule has 1 amide bonds. The predicted molar refractivity (Wildman–Crippen MR) is 61.8 cm³/mol. The van der Waals surface area contributed by atoms with Crippen molar-refractivity contribution in [2.24, 2.45) is 11.7 Å². The molecule has 1 aliphatic rings. The number of pyridine rings is 1. The van der Waals surface area contributed by atoms with Crippen LogP contribution in [0.15, 0.2) is 18.3 Å². The lowest BCUT2D eigenvalue weighted by atomic mass is 10.2. The molecule has 1 saturated carbocycles. The molecule has 0 aromatic carbocycles. The maximum Gasteiger partial charge on any atom is 0.270 e. The minimum Gasteiger partial charge on any atom is -0.348 e. The first-order chi connectivity index (χ1) is 7.70. The van der Waals surface area contributed by atoms with Crippen molar-refractivity contribution < 1.29 is 4.79 Å². The van der Waals surface area contributed by atoms with Crippen LogP contribution in [0.25, 0.3) is 0 Å². The number of rotatable bonds is 4. The molecule has 0 saturated heterocycles. The molecule has 0 aliphatic heterocycles. The van der Waals surface area contributed by atoms with Gasteiger partial charge in [-0.3, -0.25) is 9.78 Å². The Labute approximate surface area is 95.3 Å². The summed E-state index contributed by atoms with van der Waals surface area (Å²) < 4.78 is 0. The van der Waals surface area contributed by atoms with E-state index in [1.807, 2.05) is 13.0 Å². The number of carbonyl (C=O) groups is 1. The highest BCUT2D eigenvalue weighted by molar-refractivity contribution is 5.92. The van der Waals surface area contributed by atoms with E-state index in [-0.39, 0.29) is 11.9 Å². The van der Waals surface area contributed by atoms with E-state index in [9.17, 15) is 4.79 Å². The van der Waals surface area contributed by atoms with Gasteiger partial charge in [-0.1, -0.05) is 6.07 Å². The molecular weight excluding hydrogens is 202 g/mol. The number of nitrogens with zero attached hydrogens (tertiary/aromatic N) is 1. The number of hydrogen-bond donors (Lipinski definition) is 2. The van der Waals surface area contributed by atoms with Gasteiger partial charge in [0.05, 0.1) is 0 Å². The summed E-state index contributed by atoms with van der Waals surface area (Å²) in [6.07, 6.45) is 4.10. The molecule has 4 nitrogen and oxygen atoms in total. The molecule has 1 atom stereocenters. The van der Waals surface area contributed by atoms with Gasteiger partial charge in [0.25, 0.3) is 5.91 Å². The Morgan fingerprint density at radius 2 is 2.38 bits per heavy atom. The second kappa shape index (κ2) is 4.61. The summed E-state index contributed by atoms with van der Waals surface area (Å²) in [5, 5.41) is 2.96. The van der Waals surface area contributed by atoms with E-state index in [4.69, 9.17) is 5.73 Å². The standard InChI is InChI=1S/C12H17N3O/c1-8(10-3-4-10)15-12(16)11-5-2-9(6-13)7-14-11/h2,5,7-8,10H,3-4,6,13H2,1H3,(H,15,16). The van der Waals surface area contributed by atoms with Gasteiger partial charge < -0.3 is 11.1 Å². The van der Waals surface area contributed by atoms with Gasteiger partial charge in [-0.05, 0) is 37.3 Å². The first-order valence-corrected chi connectivity index (χ1v) is 5.66. The Morgan fingerprint density at radius 3 is 2.88 bits per heavy atom. The normalized spacial score (nSPS) is 16.9. The Kier molecular flexibility index (Phi) is 3.19. The zero-order valence-electron chi connectivity index (χ0n) is 9.44. The molecule has 1 aromatic heterocycles. The van der Waals surface area contributed by atoms with E-state index in [0.29, 0.717) is 18.2 Å². The fourth-order valence-electron chi connectivity index (χ4n) is 1.67. The summed E-state index contributed by atoms with van der Waals surface area (Å²) in [7, 11) is 0. The number of nitrogens with two attached hydrogens (primary N) is 1. The van der Waals surface area contributed by atoms with E-state index in [1.165, 1.54) is 12.8 Å². The molecule has 0 bridgehead atoms. The number of aromatic nitrogens is 1. The summed E-state index contributed by atoms with van der Waals surface area (Å²) in [5.74, 6) is 0.565. The number of amides is 1. The van der Waals surface area contributed by atoms with Crippen LogP contribution in [-0.4, -0.2) is 16.9 Å². The first-order valence-electron chi connectivity index (χ1n) is 5.66. The third-order valence-corrected chi connectivity index (χ3v) is 2.98. The summed E-state index contributed by atoms with van der Waals surface area (Å²) in [6, 6.07) is 3.81. The van der Waals surface area contributed by atoms with Crippen molar-refractivity contribution >= 4 is 5.91 Å². The molecule has 0 radical (unpaired) electrons. The molecule has 4 heteroatoms. The van der Waals surface area contributed by atoms with E-state index < -0.39 is 0 Å². The van der Waals surface area contributed by atoms with Crippen molar-refractivity contribution in [3.05, 3.63) is 29.6 Å². The predicted octanol–water partition coefficient (Wildman–Crippen LogP) is 1.07. The molecule has 1 aromatic rings. The van der Waals surface area contributed by atoms with Gasteiger partial charge in [-0.15, -0.1) is 0 Å². The van der Waals surface area contributed by atoms with Gasteiger partial charge in [0, 0.05) is 18.8 Å². The minimum atomic E-state index is -0.0945. The molecular formula is C12H17N3O. The second-order valence-electron chi connectivity index (χ2n) is 4.36.